The van der Waals surface area contributed by atoms with Crippen LogP contribution in [0.1, 0.15) is 12.0 Å². The Morgan fingerprint density at radius 2 is 1.16 bits per heavy atom. The van der Waals surface area contributed by atoms with E-state index < -0.39 is 130 Å². The molecule has 0 amide bonds. The largest absolute Gasteiger partial charge is 0.394 e. The van der Waals surface area contributed by atoms with Gasteiger partial charge in [-0.25, -0.2) is 0 Å². The molecule has 1 aromatic carbocycles. The number of rotatable bonds is 12. The van der Waals surface area contributed by atoms with Crippen molar-refractivity contribution in [3.05, 3.63) is 35.9 Å². The summed E-state index contributed by atoms with van der Waals surface area (Å²) in [5, 5.41) is 72.6. The van der Waals surface area contributed by atoms with Gasteiger partial charge in [-0.1, -0.05) is 30.3 Å². The predicted octanol–water partition coefficient (Wildman–Crippen LogP) is -6.64. The normalized spacial score (nSPS) is 47.7. The van der Waals surface area contributed by atoms with Gasteiger partial charge >= 0.3 is 0 Å². The molecule has 19 unspecified atom stereocenters. The summed E-state index contributed by atoms with van der Waals surface area (Å²) in [6, 6.07) is 5.19. The Hall–Kier alpha value is -1.54. The quantitative estimate of drug-likeness (QED) is 0.0961. The van der Waals surface area contributed by atoms with Crippen LogP contribution < -0.4 is 28.7 Å². The average molecular weight is 706 g/mol. The van der Waals surface area contributed by atoms with E-state index in [0.29, 0.717) is 6.42 Å². The van der Waals surface area contributed by atoms with Crippen molar-refractivity contribution >= 4 is 0 Å². The SMILES string of the molecule is NC1CC(N)C(OC2OC(CO)C(O)C(O)C2N)C(OC2OC(CO)C(OC3OC(N)C(O)C(O)C3N)C2OCCc2ccccc2)C1O. The topological polar surface area (TPSA) is 336 Å². The number of ether oxygens (including phenoxy) is 7. The number of aliphatic hydroxyl groups is 7. The van der Waals surface area contributed by atoms with Crippen LogP contribution in [-0.2, 0) is 39.6 Å². The van der Waals surface area contributed by atoms with Crippen molar-refractivity contribution in [2.24, 2.45) is 28.7 Å². The zero-order valence-corrected chi connectivity index (χ0v) is 26.8. The van der Waals surface area contributed by atoms with E-state index in [2.05, 4.69) is 0 Å². The van der Waals surface area contributed by atoms with Gasteiger partial charge in [0.25, 0.3) is 0 Å². The summed E-state index contributed by atoms with van der Waals surface area (Å²) in [6.45, 7) is -1.12. The fraction of sp³-hybridized carbons (Fsp3) is 0.800. The Morgan fingerprint density at radius 1 is 0.592 bits per heavy atom. The second-order valence-corrected chi connectivity index (χ2v) is 13.0. The molecule has 3 aliphatic heterocycles. The summed E-state index contributed by atoms with van der Waals surface area (Å²) in [5.74, 6) is 0. The van der Waals surface area contributed by atoms with Gasteiger partial charge in [0, 0.05) is 12.1 Å². The molecule has 3 saturated heterocycles. The van der Waals surface area contributed by atoms with Crippen molar-refractivity contribution in [3.8, 4) is 0 Å². The molecule has 19 nitrogen and oxygen atoms in total. The third-order valence-corrected chi connectivity index (χ3v) is 9.55. The zero-order chi connectivity index (χ0) is 35.6. The van der Waals surface area contributed by atoms with Crippen LogP contribution in [0.25, 0.3) is 0 Å². The van der Waals surface area contributed by atoms with Crippen molar-refractivity contribution in [2.75, 3.05) is 19.8 Å². The molecule has 4 aliphatic rings. The van der Waals surface area contributed by atoms with Crippen molar-refractivity contribution in [1.82, 2.24) is 0 Å². The minimum Gasteiger partial charge on any atom is -0.394 e. The summed E-state index contributed by atoms with van der Waals surface area (Å²) >= 11 is 0. The van der Waals surface area contributed by atoms with Gasteiger partial charge in [0.15, 0.2) is 18.9 Å². The van der Waals surface area contributed by atoms with E-state index >= 15 is 0 Å². The van der Waals surface area contributed by atoms with Gasteiger partial charge in [0.05, 0.1) is 38.0 Å². The third kappa shape index (κ3) is 8.42. The molecule has 1 saturated carbocycles. The molecular weight excluding hydrogens is 654 g/mol. The van der Waals surface area contributed by atoms with Crippen LogP contribution in [0, 0.1) is 0 Å². The minimum absolute atomic E-state index is 0.0845. The highest BCUT2D eigenvalue weighted by molar-refractivity contribution is 5.14. The fourth-order valence-corrected chi connectivity index (χ4v) is 6.57. The molecule has 19 atom stereocenters. The van der Waals surface area contributed by atoms with Gasteiger partial charge < -0.3 is 97.6 Å². The Labute approximate surface area is 282 Å². The Morgan fingerprint density at radius 3 is 1.82 bits per heavy atom. The number of benzene rings is 1. The molecule has 4 fully saturated rings. The van der Waals surface area contributed by atoms with E-state index in [1.54, 1.807) is 0 Å². The molecule has 280 valence electrons. The van der Waals surface area contributed by atoms with Gasteiger partial charge in [0.1, 0.15) is 67.3 Å². The summed E-state index contributed by atoms with van der Waals surface area (Å²) in [5.41, 5.74) is 31.7. The summed E-state index contributed by atoms with van der Waals surface area (Å²) in [4.78, 5) is 0. The molecule has 1 aromatic rings. The van der Waals surface area contributed by atoms with E-state index in [4.69, 9.17) is 61.8 Å². The molecule has 19 heteroatoms. The lowest BCUT2D eigenvalue weighted by atomic mass is 9.84. The van der Waals surface area contributed by atoms with Gasteiger partial charge in [0.2, 0.25) is 0 Å². The van der Waals surface area contributed by atoms with Crippen LogP contribution in [0.3, 0.4) is 0 Å². The van der Waals surface area contributed by atoms with E-state index in [1.165, 1.54) is 0 Å². The second kappa shape index (κ2) is 16.9. The van der Waals surface area contributed by atoms with Crippen LogP contribution in [0.4, 0.5) is 0 Å². The molecule has 17 N–H and O–H groups in total. The maximum atomic E-state index is 11.3. The van der Waals surface area contributed by atoms with E-state index in [1.807, 2.05) is 30.3 Å². The minimum atomic E-state index is -1.52. The van der Waals surface area contributed by atoms with Crippen LogP contribution in [0.5, 0.6) is 0 Å². The monoisotopic (exact) mass is 705 g/mol. The number of hydrogen-bond donors (Lipinski definition) is 12. The van der Waals surface area contributed by atoms with Gasteiger partial charge in [-0.05, 0) is 18.4 Å². The Bertz CT molecular complexity index is 1170. The molecule has 3 heterocycles. The van der Waals surface area contributed by atoms with Crippen molar-refractivity contribution in [1.29, 1.82) is 0 Å². The first-order chi connectivity index (χ1) is 23.4. The van der Waals surface area contributed by atoms with Crippen molar-refractivity contribution in [2.45, 2.75) is 129 Å². The molecule has 0 radical (unpaired) electrons. The first kappa shape index (κ1) is 38.7. The van der Waals surface area contributed by atoms with Crippen LogP contribution in [-0.4, -0.2) is 172 Å². The highest BCUT2D eigenvalue weighted by Crippen LogP contribution is 2.35. The molecule has 0 bridgehead atoms. The van der Waals surface area contributed by atoms with E-state index in [9.17, 15) is 35.7 Å². The fourth-order valence-electron chi connectivity index (χ4n) is 6.57. The van der Waals surface area contributed by atoms with Crippen molar-refractivity contribution < 1.29 is 68.9 Å². The molecule has 0 aromatic heterocycles. The molecule has 0 spiro atoms. The number of nitrogens with two attached hydrogens (primary N) is 5. The summed E-state index contributed by atoms with van der Waals surface area (Å²) < 4.78 is 42.1. The highest BCUT2D eigenvalue weighted by atomic mass is 16.8. The molecule has 1 aliphatic carbocycles. The van der Waals surface area contributed by atoms with Crippen LogP contribution >= 0.6 is 0 Å². The molecular formula is C30H51N5O14. The van der Waals surface area contributed by atoms with Gasteiger partial charge in [-0.15, -0.1) is 0 Å². The zero-order valence-electron chi connectivity index (χ0n) is 26.8. The van der Waals surface area contributed by atoms with Gasteiger partial charge in [-0.3, -0.25) is 0 Å². The maximum Gasteiger partial charge on any atom is 0.187 e. The third-order valence-electron chi connectivity index (χ3n) is 9.55. The van der Waals surface area contributed by atoms with Gasteiger partial charge in [-0.2, -0.15) is 0 Å². The highest BCUT2D eigenvalue weighted by Gasteiger charge is 2.55. The predicted molar refractivity (Wildman–Crippen MR) is 165 cm³/mol. The smallest absolute Gasteiger partial charge is 0.187 e. The number of hydrogen-bond acceptors (Lipinski definition) is 19. The first-order valence-electron chi connectivity index (χ1n) is 16.3. The maximum absolute atomic E-state index is 11.3. The lowest BCUT2D eigenvalue weighted by molar-refractivity contribution is -0.312. The molecule has 5 rings (SSSR count). The standard InChI is InChI=1S/C30H51N5O14/c31-12-8-13(32)23(46-28-16(33)20(40)19(39)14(9-36)44-28)25(18(12)38)48-30-26(43-7-6-11-4-2-1-3-5-11)24(15(10-37)45-30)47-29-17(34)21(41)22(42)27(35)49-29/h1-5,12-30,36-42H,6-10,31-35H2. The van der Waals surface area contributed by atoms with Crippen molar-refractivity contribution in [3.63, 3.8) is 0 Å². The Kier molecular flexibility index (Phi) is 13.3. The van der Waals surface area contributed by atoms with Crippen LogP contribution in [0.2, 0.25) is 0 Å². The lowest BCUT2D eigenvalue weighted by Gasteiger charge is -2.47. The number of aliphatic hydroxyl groups excluding tert-OH is 7. The van der Waals surface area contributed by atoms with Crippen LogP contribution in [0.15, 0.2) is 30.3 Å². The van der Waals surface area contributed by atoms with E-state index in [0.717, 1.165) is 5.56 Å². The lowest BCUT2D eigenvalue weighted by Crippen LogP contribution is -2.68. The molecule has 49 heavy (non-hydrogen) atoms. The first-order valence-corrected chi connectivity index (χ1v) is 16.3. The summed E-state index contributed by atoms with van der Waals surface area (Å²) in [6.07, 6.45) is -19.4. The summed E-state index contributed by atoms with van der Waals surface area (Å²) in [7, 11) is 0. The average Bonchev–Trinajstić information content (AvgIpc) is 3.42. The second-order valence-electron chi connectivity index (χ2n) is 13.0. The van der Waals surface area contributed by atoms with E-state index in [-0.39, 0.29) is 13.0 Å². The Balaban J connectivity index is 1.39.